The van der Waals surface area contributed by atoms with Crippen molar-refractivity contribution in [3.63, 3.8) is 0 Å². The van der Waals surface area contributed by atoms with Gasteiger partial charge >= 0.3 is 0 Å². The molecule has 0 bridgehead atoms. The summed E-state index contributed by atoms with van der Waals surface area (Å²) >= 11 is 0. The molecule has 0 fully saturated rings. The van der Waals surface area contributed by atoms with Crippen molar-refractivity contribution in [3.05, 3.63) is 58.4 Å². The fourth-order valence-electron chi connectivity index (χ4n) is 2.45. The van der Waals surface area contributed by atoms with E-state index in [0.29, 0.717) is 0 Å². The zero-order valence-corrected chi connectivity index (χ0v) is 9.47. The van der Waals surface area contributed by atoms with Crippen LogP contribution in [0.15, 0.2) is 30.3 Å². The summed E-state index contributed by atoms with van der Waals surface area (Å²) in [5.41, 5.74) is 7.52. The Kier molecular flexibility index (Phi) is 1.90. The highest BCUT2D eigenvalue weighted by molar-refractivity contribution is 5.77. The van der Waals surface area contributed by atoms with Crippen molar-refractivity contribution in [1.29, 1.82) is 0 Å². The zero-order chi connectivity index (χ0) is 11.3. The van der Waals surface area contributed by atoms with Crippen LogP contribution in [-0.2, 0) is 6.42 Å². The molecule has 0 saturated heterocycles. The van der Waals surface area contributed by atoms with Gasteiger partial charge in [0.1, 0.15) is 5.82 Å². The van der Waals surface area contributed by atoms with Crippen molar-refractivity contribution in [2.45, 2.75) is 20.3 Å². The number of fused-ring (bicyclic) bond motifs is 3. The van der Waals surface area contributed by atoms with Crippen molar-refractivity contribution >= 4 is 0 Å². The van der Waals surface area contributed by atoms with Crippen LogP contribution < -0.4 is 0 Å². The summed E-state index contributed by atoms with van der Waals surface area (Å²) in [6.07, 6.45) is 0.865. The summed E-state index contributed by atoms with van der Waals surface area (Å²) in [5.74, 6) is -0.139. The number of halogens is 1. The van der Waals surface area contributed by atoms with Crippen LogP contribution in [-0.4, -0.2) is 0 Å². The lowest BCUT2D eigenvalue weighted by molar-refractivity contribution is 0.626. The Labute approximate surface area is 94.7 Å². The van der Waals surface area contributed by atoms with E-state index in [4.69, 9.17) is 0 Å². The van der Waals surface area contributed by atoms with Gasteiger partial charge in [0.05, 0.1) is 0 Å². The molecule has 0 N–H and O–H groups in total. The third-order valence-electron chi connectivity index (χ3n) is 3.46. The summed E-state index contributed by atoms with van der Waals surface area (Å²) in [6, 6.07) is 9.53. The Morgan fingerprint density at radius 1 is 0.875 bits per heavy atom. The number of hydrogen-bond acceptors (Lipinski definition) is 0. The molecule has 2 aromatic rings. The average molecular weight is 212 g/mol. The highest BCUT2D eigenvalue weighted by Crippen LogP contribution is 2.38. The molecule has 0 aliphatic heterocycles. The van der Waals surface area contributed by atoms with Crippen molar-refractivity contribution in [2.75, 3.05) is 0 Å². The summed E-state index contributed by atoms with van der Waals surface area (Å²) in [4.78, 5) is 0. The molecule has 1 aliphatic carbocycles. The molecule has 16 heavy (non-hydrogen) atoms. The summed E-state index contributed by atoms with van der Waals surface area (Å²) < 4.78 is 13.1. The summed E-state index contributed by atoms with van der Waals surface area (Å²) in [6.45, 7) is 4.25. The molecule has 0 heterocycles. The maximum Gasteiger partial charge on any atom is 0.123 e. The second-order valence-electron chi connectivity index (χ2n) is 4.57. The predicted molar refractivity (Wildman–Crippen MR) is 64.1 cm³/mol. The van der Waals surface area contributed by atoms with Crippen LogP contribution in [0.3, 0.4) is 0 Å². The average Bonchev–Trinajstić information content (AvgIpc) is 2.55. The summed E-state index contributed by atoms with van der Waals surface area (Å²) in [5, 5.41) is 0. The second-order valence-corrected chi connectivity index (χ2v) is 4.57. The lowest BCUT2D eigenvalue weighted by atomic mass is 10.00. The van der Waals surface area contributed by atoms with Gasteiger partial charge in [-0.3, -0.25) is 0 Å². The van der Waals surface area contributed by atoms with E-state index >= 15 is 0 Å². The monoisotopic (exact) mass is 212 g/mol. The first-order valence-electron chi connectivity index (χ1n) is 5.54. The van der Waals surface area contributed by atoms with E-state index in [-0.39, 0.29) is 5.82 Å². The van der Waals surface area contributed by atoms with Crippen LogP contribution in [0.25, 0.3) is 11.1 Å². The molecule has 0 amide bonds. The fraction of sp³-hybridized carbons (Fsp3) is 0.200. The Morgan fingerprint density at radius 2 is 1.56 bits per heavy atom. The van der Waals surface area contributed by atoms with Crippen molar-refractivity contribution in [1.82, 2.24) is 0 Å². The van der Waals surface area contributed by atoms with Crippen LogP contribution in [0.1, 0.15) is 22.3 Å². The van der Waals surface area contributed by atoms with Gasteiger partial charge in [0.2, 0.25) is 0 Å². The predicted octanol–water partition coefficient (Wildman–Crippen LogP) is 4.01. The lowest BCUT2D eigenvalue weighted by Gasteiger charge is -2.05. The standard InChI is InChI=1S/C15H13F/c1-9-5-11-7-12-8-13(16)3-4-14(12)15(11)6-10(9)2/h3-6,8H,7H2,1-2H3. The van der Waals surface area contributed by atoms with E-state index in [1.165, 1.54) is 27.8 Å². The van der Waals surface area contributed by atoms with Crippen LogP contribution >= 0.6 is 0 Å². The second kappa shape index (κ2) is 3.18. The van der Waals surface area contributed by atoms with Crippen LogP contribution in [0.4, 0.5) is 4.39 Å². The lowest BCUT2D eigenvalue weighted by Crippen LogP contribution is -1.86. The van der Waals surface area contributed by atoms with Crippen LogP contribution in [0.5, 0.6) is 0 Å². The molecule has 0 saturated carbocycles. The normalized spacial score (nSPS) is 12.4. The molecule has 0 nitrogen and oxygen atoms in total. The third kappa shape index (κ3) is 1.28. The number of rotatable bonds is 0. The molecule has 80 valence electrons. The zero-order valence-electron chi connectivity index (χ0n) is 9.47. The smallest absolute Gasteiger partial charge is 0.123 e. The van der Waals surface area contributed by atoms with Crippen LogP contribution in [0.2, 0.25) is 0 Å². The highest BCUT2D eigenvalue weighted by Gasteiger charge is 2.19. The van der Waals surface area contributed by atoms with Gasteiger partial charge < -0.3 is 0 Å². The molecule has 0 spiro atoms. The third-order valence-corrected chi connectivity index (χ3v) is 3.46. The Bertz CT molecular complexity index is 582. The van der Waals surface area contributed by atoms with Gasteiger partial charge in [0.25, 0.3) is 0 Å². The van der Waals surface area contributed by atoms with Gasteiger partial charge in [-0.2, -0.15) is 0 Å². The molecule has 1 heteroatoms. The van der Waals surface area contributed by atoms with E-state index in [1.807, 2.05) is 6.07 Å². The Hall–Kier alpha value is -1.63. The first-order chi connectivity index (χ1) is 7.65. The van der Waals surface area contributed by atoms with Gasteiger partial charge in [-0.1, -0.05) is 18.2 Å². The quantitative estimate of drug-likeness (QED) is 0.528. The van der Waals surface area contributed by atoms with E-state index in [2.05, 4.69) is 26.0 Å². The number of hydrogen-bond donors (Lipinski definition) is 0. The maximum atomic E-state index is 13.1. The molecular weight excluding hydrogens is 199 g/mol. The molecule has 0 radical (unpaired) electrons. The molecule has 3 rings (SSSR count). The molecule has 1 aliphatic rings. The minimum Gasteiger partial charge on any atom is -0.207 e. The van der Waals surface area contributed by atoms with Gasteiger partial charge in [-0.25, -0.2) is 4.39 Å². The SMILES string of the molecule is Cc1cc2c(cc1C)-c1ccc(F)cc1C2. The Morgan fingerprint density at radius 3 is 2.38 bits per heavy atom. The van der Waals surface area contributed by atoms with E-state index < -0.39 is 0 Å². The first kappa shape index (κ1) is 9.59. The van der Waals surface area contributed by atoms with Gasteiger partial charge in [0.15, 0.2) is 0 Å². The van der Waals surface area contributed by atoms with E-state index in [1.54, 1.807) is 12.1 Å². The maximum absolute atomic E-state index is 13.1. The molecule has 0 unspecified atom stereocenters. The molecule has 2 aromatic carbocycles. The van der Waals surface area contributed by atoms with Crippen molar-refractivity contribution < 1.29 is 4.39 Å². The number of benzene rings is 2. The highest BCUT2D eigenvalue weighted by atomic mass is 19.1. The molecule has 0 atom stereocenters. The number of aryl methyl sites for hydroxylation is 2. The molecule has 0 aromatic heterocycles. The molecular formula is C15H13F. The summed E-state index contributed by atoms with van der Waals surface area (Å²) in [7, 11) is 0. The first-order valence-corrected chi connectivity index (χ1v) is 5.54. The van der Waals surface area contributed by atoms with E-state index in [9.17, 15) is 4.39 Å². The van der Waals surface area contributed by atoms with Gasteiger partial charge in [-0.15, -0.1) is 0 Å². The van der Waals surface area contributed by atoms with Gasteiger partial charge in [-0.05, 0) is 65.8 Å². The van der Waals surface area contributed by atoms with E-state index in [0.717, 1.165) is 12.0 Å². The van der Waals surface area contributed by atoms with Crippen LogP contribution in [0, 0.1) is 19.7 Å². The largest absolute Gasteiger partial charge is 0.207 e. The minimum absolute atomic E-state index is 0.139. The fourth-order valence-corrected chi connectivity index (χ4v) is 2.45. The topological polar surface area (TPSA) is 0 Å². The van der Waals surface area contributed by atoms with Crippen molar-refractivity contribution in [3.8, 4) is 11.1 Å². The van der Waals surface area contributed by atoms with Crippen molar-refractivity contribution in [2.24, 2.45) is 0 Å². The Balaban J connectivity index is 2.25. The minimum atomic E-state index is -0.139. The van der Waals surface area contributed by atoms with Gasteiger partial charge in [0, 0.05) is 0 Å².